The fourth-order valence-electron chi connectivity index (χ4n) is 2.85. The molecule has 132 valence electrons. The number of amides is 2. The van der Waals surface area contributed by atoms with E-state index < -0.39 is 6.04 Å². The Bertz CT molecular complexity index is 525. The lowest BCUT2D eigenvalue weighted by molar-refractivity contribution is -0.138. The van der Waals surface area contributed by atoms with Crippen molar-refractivity contribution in [1.82, 2.24) is 10.2 Å². The van der Waals surface area contributed by atoms with E-state index in [1.807, 2.05) is 49.1 Å². The molecule has 1 aliphatic heterocycles. The summed E-state index contributed by atoms with van der Waals surface area (Å²) in [6.07, 6.45) is 3.52. The molecule has 24 heavy (non-hydrogen) atoms. The van der Waals surface area contributed by atoms with Gasteiger partial charge in [0, 0.05) is 13.1 Å². The summed E-state index contributed by atoms with van der Waals surface area (Å²) in [5.74, 6) is 0.713. The van der Waals surface area contributed by atoms with Crippen LogP contribution >= 0.6 is 0 Å². The summed E-state index contributed by atoms with van der Waals surface area (Å²) in [6, 6.07) is 8.96. The van der Waals surface area contributed by atoms with E-state index in [0.717, 1.165) is 31.7 Å². The number of hydrogen-bond acceptors (Lipinski definition) is 3. The van der Waals surface area contributed by atoms with E-state index in [4.69, 9.17) is 4.74 Å². The summed E-state index contributed by atoms with van der Waals surface area (Å²) in [4.78, 5) is 26.7. The van der Waals surface area contributed by atoms with Crippen molar-refractivity contribution in [3.63, 3.8) is 0 Å². The predicted octanol–water partition coefficient (Wildman–Crippen LogP) is 2.61. The molecular formula is C19H28N2O3. The molecule has 1 aromatic carbocycles. The number of hydrogen-bond donors (Lipinski definition) is 1. The fourth-order valence-corrected chi connectivity index (χ4v) is 2.85. The lowest BCUT2D eigenvalue weighted by Crippen LogP contribution is -2.52. The van der Waals surface area contributed by atoms with Crippen LogP contribution in [-0.2, 0) is 9.59 Å². The lowest BCUT2D eigenvalue weighted by Gasteiger charge is -2.32. The predicted molar refractivity (Wildman–Crippen MR) is 93.8 cm³/mol. The standard InChI is InChI=1S/C19H28N2O3/c1-15(2)18(19(23)21-12-7-4-8-13-21)20-17(22)11-14-24-16-9-5-3-6-10-16/h3,5-6,9-10,15,18H,4,7-8,11-14H2,1-2H3,(H,20,22)/t18-/m0/s1. The monoisotopic (exact) mass is 332 g/mol. The first-order chi connectivity index (χ1) is 11.6. The third-order valence-electron chi connectivity index (χ3n) is 4.26. The van der Waals surface area contributed by atoms with Crippen LogP contribution in [0, 0.1) is 5.92 Å². The number of benzene rings is 1. The van der Waals surface area contributed by atoms with Gasteiger partial charge in [-0.3, -0.25) is 9.59 Å². The summed E-state index contributed by atoms with van der Waals surface area (Å²) in [5, 5.41) is 2.89. The highest BCUT2D eigenvalue weighted by Crippen LogP contribution is 2.14. The quantitative estimate of drug-likeness (QED) is 0.835. The first-order valence-corrected chi connectivity index (χ1v) is 8.84. The molecule has 1 heterocycles. The molecule has 1 aromatic rings. The number of piperidine rings is 1. The van der Waals surface area contributed by atoms with E-state index in [9.17, 15) is 9.59 Å². The molecule has 0 bridgehead atoms. The first kappa shape index (κ1) is 18.3. The SMILES string of the molecule is CC(C)[C@H](NC(=O)CCOc1ccccc1)C(=O)N1CCCCC1. The Labute approximate surface area is 144 Å². The van der Waals surface area contributed by atoms with E-state index in [2.05, 4.69) is 5.32 Å². The molecule has 0 aliphatic carbocycles. The Morgan fingerprint density at radius 3 is 2.42 bits per heavy atom. The van der Waals surface area contributed by atoms with Crippen molar-refractivity contribution in [3.8, 4) is 5.75 Å². The molecule has 1 aliphatic rings. The van der Waals surface area contributed by atoms with Gasteiger partial charge >= 0.3 is 0 Å². The number of nitrogens with one attached hydrogen (secondary N) is 1. The zero-order valence-corrected chi connectivity index (χ0v) is 14.7. The van der Waals surface area contributed by atoms with Crippen LogP contribution in [0.25, 0.3) is 0 Å². The van der Waals surface area contributed by atoms with Crippen molar-refractivity contribution in [2.75, 3.05) is 19.7 Å². The summed E-state index contributed by atoms with van der Waals surface area (Å²) >= 11 is 0. The second kappa shape index (κ2) is 9.30. The normalized spacial score (nSPS) is 15.9. The van der Waals surface area contributed by atoms with E-state index in [-0.39, 0.29) is 24.2 Å². The average Bonchev–Trinajstić information content (AvgIpc) is 2.60. The maximum absolute atomic E-state index is 12.7. The van der Waals surface area contributed by atoms with Crippen LogP contribution in [0.4, 0.5) is 0 Å². The molecule has 0 aromatic heterocycles. The number of carbonyl (C=O) groups excluding carboxylic acids is 2. The molecule has 1 atom stereocenters. The number of rotatable bonds is 7. The van der Waals surface area contributed by atoms with Gasteiger partial charge in [0.15, 0.2) is 0 Å². The minimum absolute atomic E-state index is 0.0435. The van der Waals surface area contributed by atoms with Crippen LogP contribution in [0.3, 0.4) is 0 Å². The minimum Gasteiger partial charge on any atom is -0.493 e. The molecule has 1 N–H and O–H groups in total. The van der Waals surface area contributed by atoms with Crippen molar-refractivity contribution in [1.29, 1.82) is 0 Å². The Morgan fingerprint density at radius 1 is 1.12 bits per heavy atom. The first-order valence-electron chi connectivity index (χ1n) is 8.84. The molecule has 5 nitrogen and oxygen atoms in total. The lowest BCUT2D eigenvalue weighted by atomic mass is 10.0. The molecular weight excluding hydrogens is 304 g/mol. The van der Waals surface area contributed by atoms with Gasteiger partial charge < -0.3 is 15.0 Å². The van der Waals surface area contributed by atoms with Crippen LogP contribution in [0.1, 0.15) is 39.5 Å². The molecule has 2 rings (SSSR count). The second-order valence-corrected chi connectivity index (χ2v) is 6.59. The molecule has 0 saturated carbocycles. The Hall–Kier alpha value is -2.04. The van der Waals surface area contributed by atoms with E-state index >= 15 is 0 Å². The number of carbonyl (C=O) groups is 2. The van der Waals surface area contributed by atoms with E-state index in [1.165, 1.54) is 6.42 Å². The van der Waals surface area contributed by atoms with E-state index in [0.29, 0.717) is 6.61 Å². The Balaban J connectivity index is 1.80. The second-order valence-electron chi connectivity index (χ2n) is 6.59. The summed E-state index contributed by atoms with van der Waals surface area (Å²) in [7, 11) is 0. The largest absolute Gasteiger partial charge is 0.493 e. The maximum atomic E-state index is 12.7. The third-order valence-corrected chi connectivity index (χ3v) is 4.26. The molecule has 0 spiro atoms. The molecule has 1 saturated heterocycles. The fraction of sp³-hybridized carbons (Fsp3) is 0.579. The van der Waals surface area contributed by atoms with Gasteiger partial charge in [-0.15, -0.1) is 0 Å². The summed E-state index contributed by atoms with van der Waals surface area (Å²) < 4.78 is 5.54. The van der Waals surface area contributed by atoms with Crippen LogP contribution in [-0.4, -0.2) is 42.5 Å². The van der Waals surface area contributed by atoms with Gasteiger partial charge in [-0.1, -0.05) is 32.0 Å². The van der Waals surface area contributed by atoms with Gasteiger partial charge in [-0.25, -0.2) is 0 Å². The highest BCUT2D eigenvalue weighted by atomic mass is 16.5. The third kappa shape index (κ3) is 5.55. The molecule has 0 radical (unpaired) electrons. The smallest absolute Gasteiger partial charge is 0.245 e. The van der Waals surface area contributed by atoms with Crippen molar-refractivity contribution < 1.29 is 14.3 Å². The summed E-state index contributed by atoms with van der Waals surface area (Å²) in [5.41, 5.74) is 0. The Kier molecular flexibility index (Phi) is 7.09. The number of nitrogens with zero attached hydrogens (tertiary/aromatic N) is 1. The highest BCUT2D eigenvalue weighted by molar-refractivity contribution is 5.88. The molecule has 5 heteroatoms. The minimum atomic E-state index is -0.452. The highest BCUT2D eigenvalue weighted by Gasteiger charge is 2.29. The van der Waals surface area contributed by atoms with Crippen LogP contribution in [0.2, 0.25) is 0 Å². The van der Waals surface area contributed by atoms with Gasteiger partial charge in [0.25, 0.3) is 0 Å². The number of likely N-dealkylation sites (tertiary alicyclic amines) is 1. The average molecular weight is 332 g/mol. The summed E-state index contributed by atoms with van der Waals surface area (Å²) in [6.45, 7) is 5.84. The van der Waals surface area contributed by atoms with Crippen molar-refractivity contribution in [2.24, 2.45) is 5.92 Å². The molecule has 1 fully saturated rings. The zero-order valence-electron chi connectivity index (χ0n) is 14.7. The Morgan fingerprint density at radius 2 is 1.79 bits per heavy atom. The van der Waals surface area contributed by atoms with Gasteiger partial charge in [-0.05, 0) is 37.3 Å². The molecule has 2 amide bonds. The number of ether oxygens (including phenoxy) is 1. The zero-order chi connectivity index (χ0) is 17.4. The van der Waals surface area contributed by atoms with Gasteiger partial charge in [0.05, 0.1) is 13.0 Å². The number of para-hydroxylation sites is 1. The maximum Gasteiger partial charge on any atom is 0.245 e. The molecule has 0 unspecified atom stereocenters. The van der Waals surface area contributed by atoms with Crippen molar-refractivity contribution in [2.45, 2.75) is 45.6 Å². The van der Waals surface area contributed by atoms with Gasteiger partial charge in [0.2, 0.25) is 11.8 Å². The van der Waals surface area contributed by atoms with Crippen LogP contribution in [0.15, 0.2) is 30.3 Å². The van der Waals surface area contributed by atoms with Gasteiger partial charge in [-0.2, -0.15) is 0 Å². The van der Waals surface area contributed by atoms with E-state index in [1.54, 1.807) is 0 Å². The topological polar surface area (TPSA) is 58.6 Å². The van der Waals surface area contributed by atoms with Crippen LogP contribution < -0.4 is 10.1 Å². The van der Waals surface area contributed by atoms with Gasteiger partial charge in [0.1, 0.15) is 11.8 Å². The van der Waals surface area contributed by atoms with Crippen LogP contribution in [0.5, 0.6) is 5.75 Å². The van der Waals surface area contributed by atoms with Crippen molar-refractivity contribution >= 4 is 11.8 Å². The van der Waals surface area contributed by atoms with Crippen molar-refractivity contribution in [3.05, 3.63) is 30.3 Å².